The van der Waals surface area contributed by atoms with Crippen molar-refractivity contribution >= 4 is 11.8 Å². The minimum atomic E-state index is -0.0558. The van der Waals surface area contributed by atoms with E-state index in [0.717, 1.165) is 12.0 Å². The van der Waals surface area contributed by atoms with Gasteiger partial charge in [0.25, 0.3) is 0 Å². The van der Waals surface area contributed by atoms with E-state index in [9.17, 15) is 0 Å². The van der Waals surface area contributed by atoms with Crippen molar-refractivity contribution in [2.45, 2.75) is 43.5 Å². The van der Waals surface area contributed by atoms with Gasteiger partial charge in [-0.3, -0.25) is 0 Å². The number of thioether (sulfide) groups is 1. The third kappa shape index (κ3) is 3.69. The smallest absolute Gasteiger partial charge is 0.0551 e. The standard InChI is InChI=1S/C19H25NS/c1-5-19(2,3)16-10-6-14(7-11-16)18(20)15-8-12-17(21-4)13-9-15/h6-13,18H,5,20H2,1-4H3. The summed E-state index contributed by atoms with van der Waals surface area (Å²) in [6, 6.07) is 17.2. The molecule has 0 saturated heterocycles. The zero-order valence-corrected chi connectivity index (χ0v) is 14.2. The van der Waals surface area contributed by atoms with E-state index in [-0.39, 0.29) is 11.5 Å². The van der Waals surface area contributed by atoms with Crippen LogP contribution in [0.2, 0.25) is 0 Å². The highest BCUT2D eigenvalue weighted by molar-refractivity contribution is 7.98. The minimum Gasteiger partial charge on any atom is -0.320 e. The van der Waals surface area contributed by atoms with Crippen LogP contribution in [0.25, 0.3) is 0 Å². The highest BCUT2D eigenvalue weighted by Crippen LogP contribution is 2.29. The van der Waals surface area contributed by atoms with Crippen LogP contribution in [-0.4, -0.2) is 6.26 Å². The Bertz CT molecular complexity index is 570. The maximum atomic E-state index is 6.39. The van der Waals surface area contributed by atoms with Crippen LogP contribution >= 0.6 is 11.8 Å². The van der Waals surface area contributed by atoms with Gasteiger partial charge >= 0.3 is 0 Å². The second-order valence-electron chi connectivity index (χ2n) is 6.11. The Morgan fingerprint density at radius 1 is 0.952 bits per heavy atom. The second kappa shape index (κ2) is 6.67. The third-order valence-corrected chi connectivity index (χ3v) is 5.15. The first kappa shape index (κ1) is 16.1. The second-order valence-corrected chi connectivity index (χ2v) is 6.99. The monoisotopic (exact) mass is 299 g/mol. The highest BCUT2D eigenvalue weighted by atomic mass is 32.2. The summed E-state index contributed by atoms with van der Waals surface area (Å²) in [6.07, 6.45) is 3.22. The summed E-state index contributed by atoms with van der Waals surface area (Å²) in [5.74, 6) is 0. The maximum Gasteiger partial charge on any atom is 0.0551 e. The van der Waals surface area contributed by atoms with E-state index in [1.807, 2.05) is 0 Å². The van der Waals surface area contributed by atoms with E-state index in [1.165, 1.54) is 16.0 Å². The zero-order chi connectivity index (χ0) is 15.5. The quantitative estimate of drug-likeness (QED) is 0.773. The van der Waals surface area contributed by atoms with Crippen molar-refractivity contribution in [2.24, 2.45) is 5.73 Å². The van der Waals surface area contributed by atoms with Gasteiger partial charge in [0.2, 0.25) is 0 Å². The first-order valence-corrected chi connectivity index (χ1v) is 8.70. The Kier molecular flexibility index (Phi) is 5.13. The molecular formula is C19H25NS. The van der Waals surface area contributed by atoms with Crippen molar-refractivity contribution < 1.29 is 0 Å². The molecule has 1 atom stereocenters. The van der Waals surface area contributed by atoms with Gasteiger partial charge in [0.05, 0.1) is 6.04 Å². The lowest BCUT2D eigenvalue weighted by atomic mass is 9.81. The molecule has 21 heavy (non-hydrogen) atoms. The highest BCUT2D eigenvalue weighted by Gasteiger charge is 2.18. The topological polar surface area (TPSA) is 26.0 Å². The van der Waals surface area contributed by atoms with Crippen LogP contribution in [0.3, 0.4) is 0 Å². The summed E-state index contributed by atoms with van der Waals surface area (Å²) >= 11 is 1.75. The summed E-state index contributed by atoms with van der Waals surface area (Å²) in [5.41, 5.74) is 10.3. The van der Waals surface area contributed by atoms with Crippen LogP contribution in [0.15, 0.2) is 53.4 Å². The molecule has 0 aliphatic carbocycles. The first-order chi connectivity index (χ1) is 9.97. The van der Waals surface area contributed by atoms with Crippen LogP contribution in [-0.2, 0) is 5.41 Å². The molecule has 0 heterocycles. The van der Waals surface area contributed by atoms with Gasteiger partial charge in [-0.2, -0.15) is 0 Å². The Labute approximate surface area is 133 Å². The van der Waals surface area contributed by atoms with Crippen LogP contribution < -0.4 is 5.73 Å². The predicted octanol–water partition coefficient (Wildman–Crippen LogP) is 5.14. The fraction of sp³-hybridized carbons (Fsp3) is 0.368. The van der Waals surface area contributed by atoms with Gasteiger partial charge in [-0.15, -0.1) is 11.8 Å². The zero-order valence-electron chi connectivity index (χ0n) is 13.4. The number of benzene rings is 2. The molecule has 0 saturated carbocycles. The number of nitrogens with two attached hydrogens (primary N) is 1. The van der Waals surface area contributed by atoms with Gasteiger partial charge in [0.1, 0.15) is 0 Å². The summed E-state index contributed by atoms with van der Waals surface area (Å²) in [4.78, 5) is 1.27. The van der Waals surface area contributed by atoms with Crippen LogP contribution in [0.4, 0.5) is 0 Å². The Morgan fingerprint density at radius 3 is 1.86 bits per heavy atom. The minimum absolute atomic E-state index is 0.0558. The molecule has 0 fully saturated rings. The molecule has 2 aromatic carbocycles. The van der Waals surface area contributed by atoms with Gasteiger partial charge in [-0.1, -0.05) is 57.2 Å². The average molecular weight is 299 g/mol. The van der Waals surface area contributed by atoms with Crippen molar-refractivity contribution in [1.29, 1.82) is 0 Å². The Hall–Kier alpha value is -1.25. The molecule has 2 aromatic rings. The SMILES string of the molecule is CCC(C)(C)c1ccc(C(N)c2ccc(SC)cc2)cc1. The van der Waals surface area contributed by atoms with E-state index < -0.39 is 0 Å². The van der Waals surface area contributed by atoms with Crippen LogP contribution in [0.5, 0.6) is 0 Å². The van der Waals surface area contributed by atoms with E-state index in [4.69, 9.17) is 5.73 Å². The Balaban J connectivity index is 2.21. The van der Waals surface area contributed by atoms with Crippen molar-refractivity contribution in [3.05, 3.63) is 65.2 Å². The molecule has 2 rings (SSSR count). The molecule has 0 amide bonds. The van der Waals surface area contributed by atoms with Crippen LogP contribution in [0, 0.1) is 0 Å². The lowest BCUT2D eigenvalue weighted by Crippen LogP contribution is -2.16. The van der Waals surface area contributed by atoms with Crippen molar-refractivity contribution in [3.63, 3.8) is 0 Å². The lowest BCUT2D eigenvalue weighted by molar-refractivity contribution is 0.506. The molecule has 0 radical (unpaired) electrons. The predicted molar refractivity (Wildman–Crippen MR) is 94.0 cm³/mol. The van der Waals surface area contributed by atoms with Gasteiger partial charge in [0, 0.05) is 4.90 Å². The number of hydrogen-bond donors (Lipinski definition) is 1. The van der Waals surface area contributed by atoms with Gasteiger partial charge in [-0.05, 0) is 46.9 Å². The van der Waals surface area contributed by atoms with E-state index in [0.29, 0.717) is 0 Å². The molecule has 0 aromatic heterocycles. The van der Waals surface area contributed by atoms with E-state index >= 15 is 0 Å². The molecule has 1 nitrogen and oxygen atoms in total. The van der Waals surface area contributed by atoms with Crippen LogP contribution in [0.1, 0.15) is 49.9 Å². The van der Waals surface area contributed by atoms with Crippen molar-refractivity contribution in [2.75, 3.05) is 6.26 Å². The molecule has 0 aliphatic rings. The first-order valence-electron chi connectivity index (χ1n) is 7.48. The number of hydrogen-bond acceptors (Lipinski definition) is 2. The van der Waals surface area contributed by atoms with Gasteiger partial charge in [-0.25, -0.2) is 0 Å². The fourth-order valence-corrected chi connectivity index (χ4v) is 2.76. The molecule has 0 spiro atoms. The van der Waals surface area contributed by atoms with E-state index in [2.05, 4.69) is 75.6 Å². The number of rotatable bonds is 5. The van der Waals surface area contributed by atoms with Gasteiger partial charge in [0.15, 0.2) is 0 Å². The molecule has 0 aliphatic heterocycles. The molecule has 0 bridgehead atoms. The summed E-state index contributed by atoms with van der Waals surface area (Å²) < 4.78 is 0. The normalized spacial score (nSPS) is 13.2. The fourth-order valence-electron chi connectivity index (χ4n) is 2.35. The van der Waals surface area contributed by atoms with Crippen molar-refractivity contribution in [3.8, 4) is 0 Å². The molecule has 112 valence electrons. The van der Waals surface area contributed by atoms with E-state index in [1.54, 1.807) is 11.8 Å². The molecule has 1 unspecified atom stereocenters. The summed E-state index contributed by atoms with van der Waals surface area (Å²) in [6.45, 7) is 6.79. The largest absolute Gasteiger partial charge is 0.320 e. The molecule has 2 N–H and O–H groups in total. The van der Waals surface area contributed by atoms with Crippen molar-refractivity contribution in [1.82, 2.24) is 0 Å². The summed E-state index contributed by atoms with van der Waals surface area (Å²) in [7, 11) is 0. The third-order valence-electron chi connectivity index (χ3n) is 4.41. The summed E-state index contributed by atoms with van der Waals surface area (Å²) in [5, 5.41) is 0. The maximum absolute atomic E-state index is 6.39. The average Bonchev–Trinajstić information content (AvgIpc) is 2.54. The Morgan fingerprint density at radius 2 is 1.43 bits per heavy atom. The lowest BCUT2D eigenvalue weighted by Gasteiger charge is -2.24. The van der Waals surface area contributed by atoms with Gasteiger partial charge < -0.3 is 5.73 Å². The molecular weight excluding hydrogens is 274 g/mol. The molecule has 2 heteroatoms.